The Bertz CT molecular complexity index is 682. The topological polar surface area (TPSA) is 92.6 Å². The summed E-state index contributed by atoms with van der Waals surface area (Å²) >= 11 is 0. The lowest BCUT2D eigenvalue weighted by Gasteiger charge is -2.22. The molecule has 3 rings (SSSR count). The largest absolute Gasteiger partial charge is 0.459 e. The molecule has 1 saturated heterocycles. The lowest BCUT2D eigenvalue weighted by Crippen LogP contribution is -2.51. The Balaban J connectivity index is 0.00000225. The van der Waals surface area contributed by atoms with Gasteiger partial charge >= 0.3 is 0 Å². The van der Waals surface area contributed by atoms with E-state index in [1.165, 1.54) is 6.26 Å². The Morgan fingerprint density at radius 2 is 2.00 bits per heavy atom. The maximum atomic E-state index is 12.0. The molecule has 0 aliphatic carbocycles. The number of carbonyl (C=O) groups excluding carboxylic acids is 2. The zero-order valence-corrected chi connectivity index (χ0v) is 14.3. The van der Waals surface area contributed by atoms with E-state index in [9.17, 15) is 9.59 Å². The van der Waals surface area contributed by atoms with E-state index in [-0.39, 0.29) is 36.0 Å². The van der Waals surface area contributed by atoms with Crippen molar-refractivity contribution in [3.63, 3.8) is 0 Å². The highest BCUT2D eigenvalue weighted by molar-refractivity contribution is 6.02. The molecule has 1 aliphatic rings. The van der Waals surface area contributed by atoms with E-state index in [2.05, 4.69) is 16.0 Å². The molecule has 1 atom stereocenters. The number of halogens is 1. The summed E-state index contributed by atoms with van der Waals surface area (Å²) < 4.78 is 10.3. The van der Waals surface area contributed by atoms with Crippen LogP contribution in [-0.2, 0) is 16.1 Å². The average Bonchev–Trinajstić information content (AvgIpc) is 3.16. The van der Waals surface area contributed by atoms with Crippen LogP contribution in [0.1, 0.15) is 16.1 Å². The fourth-order valence-corrected chi connectivity index (χ4v) is 2.35. The molecule has 1 unspecified atom stereocenters. The van der Waals surface area contributed by atoms with Gasteiger partial charge in [0.15, 0.2) is 5.76 Å². The number of rotatable bonds is 5. The molecule has 2 aromatic rings. The van der Waals surface area contributed by atoms with Crippen molar-refractivity contribution in [1.29, 1.82) is 0 Å². The number of carbonyl (C=O) groups is 2. The molecule has 1 aromatic heterocycles. The first kappa shape index (κ1) is 19.0. The van der Waals surface area contributed by atoms with Gasteiger partial charge in [0.2, 0.25) is 5.91 Å². The Hall–Kier alpha value is -2.35. The van der Waals surface area contributed by atoms with E-state index in [4.69, 9.17) is 9.15 Å². The summed E-state index contributed by atoms with van der Waals surface area (Å²) in [4.78, 5) is 23.9. The first-order valence-electron chi connectivity index (χ1n) is 7.75. The molecule has 0 radical (unpaired) electrons. The molecule has 8 heteroatoms. The third-order valence-electron chi connectivity index (χ3n) is 3.66. The number of benzene rings is 1. The smallest absolute Gasteiger partial charge is 0.291 e. The molecular weight excluding hydrogens is 346 g/mol. The molecule has 0 bridgehead atoms. The van der Waals surface area contributed by atoms with Gasteiger partial charge in [-0.25, -0.2) is 0 Å². The van der Waals surface area contributed by atoms with Crippen LogP contribution >= 0.6 is 12.4 Å². The second-order valence-corrected chi connectivity index (χ2v) is 5.43. The first-order valence-corrected chi connectivity index (χ1v) is 7.75. The van der Waals surface area contributed by atoms with Gasteiger partial charge in [0.25, 0.3) is 5.91 Å². The van der Waals surface area contributed by atoms with Gasteiger partial charge in [-0.3, -0.25) is 9.59 Å². The van der Waals surface area contributed by atoms with Crippen LogP contribution in [0.5, 0.6) is 0 Å². The third kappa shape index (κ3) is 5.32. The minimum Gasteiger partial charge on any atom is -0.459 e. The van der Waals surface area contributed by atoms with E-state index in [1.54, 1.807) is 24.3 Å². The van der Waals surface area contributed by atoms with Crippen LogP contribution < -0.4 is 16.0 Å². The third-order valence-corrected chi connectivity index (χ3v) is 3.66. The fourth-order valence-electron chi connectivity index (χ4n) is 2.35. The second-order valence-electron chi connectivity index (χ2n) is 5.43. The lowest BCUT2D eigenvalue weighted by atomic mass is 10.2. The van der Waals surface area contributed by atoms with E-state index in [0.29, 0.717) is 32.0 Å². The molecule has 25 heavy (non-hydrogen) atoms. The van der Waals surface area contributed by atoms with E-state index in [1.807, 2.05) is 12.1 Å². The lowest BCUT2D eigenvalue weighted by molar-refractivity contribution is -0.126. The molecule has 1 aromatic carbocycles. The standard InChI is InChI=1S/C17H19N3O4.ClH/c21-16(14-11-23-9-7-18-14)19-10-12-3-5-13(6-4-12)20-17(22)15-2-1-8-24-15;/h1-6,8,14,18H,7,9-11H2,(H,19,21)(H,20,22);1H. The van der Waals surface area contributed by atoms with Gasteiger partial charge in [-0.1, -0.05) is 12.1 Å². The number of furan rings is 1. The minimum absolute atomic E-state index is 0. The maximum Gasteiger partial charge on any atom is 0.291 e. The number of ether oxygens (including phenoxy) is 1. The van der Waals surface area contributed by atoms with Gasteiger partial charge in [-0.05, 0) is 29.8 Å². The Morgan fingerprint density at radius 3 is 2.64 bits per heavy atom. The summed E-state index contributed by atoms with van der Waals surface area (Å²) in [5, 5.41) is 8.71. The predicted molar refractivity (Wildman–Crippen MR) is 94.8 cm³/mol. The fraction of sp³-hybridized carbons (Fsp3) is 0.294. The molecule has 3 N–H and O–H groups in total. The monoisotopic (exact) mass is 365 g/mol. The number of morpholine rings is 1. The van der Waals surface area contributed by atoms with Crippen molar-refractivity contribution in [3.05, 3.63) is 54.0 Å². The number of hydrogen-bond acceptors (Lipinski definition) is 5. The van der Waals surface area contributed by atoms with Crippen LogP contribution in [-0.4, -0.2) is 37.6 Å². The number of hydrogen-bond donors (Lipinski definition) is 3. The summed E-state index contributed by atoms with van der Waals surface area (Å²) in [6, 6.07) is 10.2. The summed E-state index contributed by atoms with van der Waals surface area (Å²) in [5.74, 6) is -0.122. The maximum absolute atomic E-state index is 12.0. The molecule has 0 spiro atoms. The molecule has 7 nitrogen and oxygen atoms in total. The molecule has 1 fully saturated rings. The van der Waals surface area contributed by atoms with Gasteiger partial charge in [-0.15, -0.1) is 12.4 Å². The SMILES string of the molecule is Cl.O=C(Nc1ccc(CNC(=O)C2COCCN2)cc1)c1ccco1. The summed E-state index contributed by atoms with van der Waals surface area (Å²) in [5.41, 5.74) is 1.60. The molecule has 134 valence electrons. The summed E-state index contributed by atoms with van der Waals surface area (Å²) in [6.45, 7) is 2.13. The molecular formula is C17H20ClN3O4. The van der Waals surface area contributed by atoms with Crippen molar-refractivity contribution < 1.29 is 18.7 Å². The van der Waals surface area contributed by atoms with Crippen molar-refractivity contribution in [2.24, 2.45) is 0 Å². The van der Waals surface area contributed by atoms with Crippen LogP contribution in [0.4, 0.5) is 5.69 Å². The van der Waals surface area contributed by atoms with Gasteiger partial charge in [0, 0.05) is 18.8 Å². The number of nitrogens with one attached hydrogen (secondary N) is 3. The van der Waals surface area contributed by atoms with E-state index < -0.39 is 0 Å². The normalized spacial score (nSPS) is 16.6. The Kier molecular flexibility index (Phi) is 7.00. The first-order chi connectivity index (χ1) is 11.7. The zero-order valence-electron chi connectivity index (χ0n) is 13.5. The summed E-state index contributed by atoms with van der Waals surface area (Å²) in [6.07, 6.45) is 1.45. The predicted octanol–water partition coefficient (Wildman–Crippen LogP) is 1.56. The molecule has 2 amide bonds. The van der Waals surface area contributed by atoms with Crippen LogP contribution in [0, 0.1) is 0 Å². The summed E-state index contributed by atoms with van der Waals surface area (Å²) in [7, 11) is 0. The van der Waals surface area contributed by atoms with Gasteiger partial charge in [-0.2, -0.15) is 0 Å². The van der Waals surface area contributed by atoms with Crippen LogP contribution in [0.2, 0.25) is 0 Å². The van der Waals surface area contributed by atoms with Crippen molar-refractivity contribution in [1.82, 2.24) is 10.6 Å². The van der Waals surface area contributed by atoms with Crippen LogP contribution in [0.15, 0.2) is 47.1 Å². The molecule has 1 aliphatic heterocycles. The van der Waals surface area contributed by atoms with Gasteiger partial charge < -0.3 is 25.1 Å². The van der Waals surface area contributed by atoms with E-state index in [0.717, 1.165) is 5.56 Å². The van der Waals surface area contributed by atoms with Crippen molar-refractivity contribution in [2.75, 3.05) is 25.1 Å². The average molecular weight is 366 g/mol. The second kappa shape index (κ2) is 9.22. The molecule has 0 saturated carbocycles. The van der Waals surface area contributed by atoms with Crippen molar-refractivity contribution >= 4 is 29.9 Å². The minimum atomic E-state index is -0.301. The highest BCUT2D eigenvalue weighted by atomic mass is 35.5. The van der Waals surface area contributed by atoms with Crippen molar-refractivity contribution in [2.45, 2.75) is 12.6 Å². The Morgan fingerprint density at radius 1 is 1.20 bits per heavy atom. The van der Waals surface area contributed by atoms with Crippen LogP contribution in [0.25, 0.3) is 0 Å². The van der Waals surface area contributed by atoms with Crippen molar-refractivity contribution in [3.8, 4) is 0 Å². The zero-order chi connectivity index (χ0) is 16.8. The van der Waals surface area contributed by atoms with E-state index >= 15 is 0 Å². The van der Waals surface area contributed by atoms with Crippen LogP contribution in [0.3, 0.4) is 0 Å². The number of amides is 2. The molecule has 2 heterocycles. The Labute approximate surface area is 151 Å². The van der Waals surface area contributed by atoms with Gasteiger partial charge in [0.05, 0.1) is 19.5 Å². The van der Waals surface area contributed by atoms with Gasteiger partial charge in [0.1, 0.15) is 6.04 Å². The highest BCUT2D eigenvalue weighted by Gasteiger charge is 2.20. The quantitative estimate of drug-likeness (QED) is 0.747. The number of anilines is 1. The highest BCUT2D eigenvalue weighted by Crippen LogP contribution is 2.12.